The smallest absolute Gasteiger partial charge is 0.377 e. The number of anilines is 1. The fraction of sp³-hybridized carbons (Fsp3) is 0.550. The minimum absolute atomic E-state index is 0.0128. The van der Waals surface area contributed by atoms with Gasteiger partial charge in [-0.15, -0.1) is 10.2 Å². The highest BCUT2D eigenvalue weighted by Crippen LogP contribution is 2.39. The molecule has 5 heterocycles. The van der Waals surface area contributed by atoms with E-state index in [1.165, 1.54) is 16.7 Å². The van der Waals surface area contributed by atoms with Crippen LogP contribution < -0.4 is 14.9 Å². The van der Waals surface area contributed by atoms with Gasteiger partial charge in [0.25, 0.3) is 0 Å². The Balaban J connectivity index is 1.70. The first-order valence-electron chi connectivity index (χ1n) is 11.0. The van der Waals surface area contributed by atoms with Gasteiger partial charge in [0.05, 0.1) is 24.4 Å². The summed E-state index contributed by atoms with van der Waals surface area (Å²) >= 11 is 6.81. The largest absolute Gasteiger partial charge is 0.445 e. The van der Waals surface area contributed by atoms with Crippen LogP contribution in [0.15, 0.2) is 17.2 Å². The molecule has 0 aliphatic carbocycles. The van der Waals surface area contributed by atoms with Crippen LogP contribution in [0.25, 0.3) is 16.3 Å². The van der Waals surface area contributed by atoms with Crippen molar-refractivity contribution in [2.75, 3.05) is 31.2 Å². The normalized spacial score (nSPS) is 22.7. The second kappa shape index (κ2) is 8.77. The Labute approximate surface area is 213 Å². The maximum atomic E-state index is 13.4. The van der Waals surface area contributed by atoms with Gasteiger partial charge in [0.2, 0.25) is 15.0 Å². The van der Waals surface area contributed by atoms with Crippen LogP contribution in [0.2, 0.25) is 5.15 Å². The Bertz CT molecular complexity index is 1410. The Morgan fingerprint density at radius 1 is 1.25 bits per heavy atom. The number of nitrogens with zero attached hydrogens (tertiary/aromatic N) is 5. The lowest BCUT2D eigenvalue weighted by Crippen LogP contribution is -2.59. The van der Waals surface area contributed by atoms with Gasteiger partial charge in [-0.3, -0.25) is 4.40 Å². The summed E-state index contributed by atoms with van der Waals surface area (Å²) in [6.45, 7) is 7.29. The number of hydrogen-bond donors (Lipinski definition) is 2. The molecule has 2 N–H and O–H groups in total. The molecule has 0 radical (unpaired) electrons. The van der Waals surface area contributed by atoms with E-state index in [4.69, 9.17) is 16.3 Å². The highest BCUT2D eigenvalue weighted by Gasteiger charge is 2.39. The van der Waals surface area contributed by atoms with Crippen LogP contribution in [0.5, 0.6) is 0 Å². The van der Waals surface area contributed by atoms with E-state index in [0.29, 0.717) is 35.6 Å². The second-order valence-corrected chi connectivity index (χ2v) is 12.5. The first-order valence-corrected chi connectivity index (χ1v) is 13.7. The average Bonchev–Trinajstić information content (AvgIpc) is 3.36. The molecule has 36 heavy (non-hydrogen) atoms. The first-order chi connectivity index (χ1) is 16.8. The standard InChI is InChI=1S/C20H23ClF3N7O3S2/c1-10-5-30(6-11(2)25-10)13-4-12(36(32,33)29-19(3)8-34-9-19)7-31-14(13)15(21)26-16(31)17-27-28-18(35-17)20(22,23)24/h4,7,10-11,25,29H,5-6,8-9H2,1-3H3/t10-,11-/m0/s1. The third kappa shape index (κ3) is 4.67. The van der Waals surface area contributed by atoms with Crippen LogP contribution in [0.3, 0.4) is 0 Å². The maximum absolute atomic E-state index is 13.4. The van der Waals surface area contributed by atoms with Crippen LogP contribution >= 0.6 is 22.9 Å². The minimum Gasteiger partial charge on any atom is -0.377 e. The van der Waals surface area contributed by atoms with Gasteiger partial charge in [-0.1, -0.05) is 22.9 Å². The molecule has 0 unspecified atom stereocenters. The number of nitrogens with one attached hydrogen (secondary N) is 2. The van der Waals surface area contributed by atoms with Crippen molar-refractivity contribution in [3.05, 3.63) is 22.4 Å². The summed E-state index contributed by atoms with van der Waals surface area (Å²) in [6, 6.07) is 1.71. The highest BCUT2D eigenvalue weighted by atomic mass is 35.5. The number of pyridine rings is 1. The summed E-state index contributed by atoms with van der Waals surface area (Å²) < 4.78 is 75.5. The number of alkyl halides is 3. The molecule has 3 aromatic rings. The average molecular weight is 566 g/mol. The lowest BCUT2D eigenvalue weighted by molar-refractivity contribution is -0.138. The van der Waals surface area contributed by atoms with Gasteiger partial charge in [0.15, 0.2) is 16.0 Å². The molecule has 0 saturated carbocycles. The monoisotopic (exact) mass is 565 g/mol. The van der Waals surface area contributed by atoms with Crippen molar-refractivity contribution in [1.82, 2.24) is 29.6 Å². The lowest BCUT2D eigenvalue weighted by atomic mass is 10.0. The van der Waals surface area contributed by atoms with Gasteiger partial charge >= 0.3 is 6.18 Å². The summed E-state index contributed by atoms with van der Waals surface area (Å²) in [7, 11) is -4.04. The topological polar surface area (TPSA) is 114 Å². The van der Waals surface area contributed by atoms with Gasteiger partial charge in [-0.25, -0.2) is 18.1 Å². The number of hydrogen-bond acceptors (Lipinski definition) is 9. The van der Waals surface area contributed by atoms with Crippen LogP contribution in [0.1, 0.15) is 25.8 Å². The molecule has 2 aliphatic heterocycles. The minimum atomic E-state index is -4.68. The van der Waals surface area contributed by atoms with Crippen molar-refractivity contribution in [2.45, 2.75) is 49.5 Å². The molecule has 0 bridgehead atoms. The third-order valence-electron chi connectivity index (χ3n) is 5.94. The van der Waals surface area contributed by atoms with Crippen LogP contribution in [0.4, 0.5) is 18.9 Å². The van der Waals surface area contributed by atoms with Gasteiger partial charge in [-0.2, -0.15) is 13.2 Å². The van der Waals surface area contributed by atoms with Gasteiger partial charge in [-0.05, 0) is 26.8 Å². The van der Waals surface area contributed by atoms with Crippen LogP contribution in [0, 0.1) is 0 Å². The zero-order chi connectivity index (χ0) is 26.0. The van der Waals surface area contributed by atoms with Crippen molar-refractivity contribution < 1.29 is 26.3 Å². The number of rotatable bonds is 5. The van der Waals surface area contributed by atoms with Crippen molar-refractivity contribution in [1.29, 1.82) is 0 Å². The summed E-state index contributed by atoms with van der Waals surface area (Å²) in [6.07, 6.45) is -3.38. The number of sulfonamides is 1. The van der Waals surface area contributed by atoms with Gasteiger partial charge in [0, 0.05) is 31.4 Å². The molecule has 16 heteroatoms. The van der Waals surface area contributed by atoms with E-state index in [9.17, 15) is 21.6 Å². The molecule has 196 valence electrons. The zero-order valence-corrected chi connectivity index (χ0v) is 21.8. The zero-order valence-electron chi connectivity index (χ0n) is 19.4. The maximum Gasteiger partial charge on any atom is 0.445 e. The van der Waals surface area contributed by atoms with E-state index >= 15 is 0 Å². The number of imidazole rings is 1. The van der Waals surface area contributed by atoms with E-state index in [1.807, 2.05) is 18.7 Å². The molecule has 2 fully saturated rings. The quantitative estimate of drug-likeness (QED) is 0.485. The van der Waals surface area contributed by atoms with Gasteiger partial charge in [0.1, 0.15) is 10.4 Å². The molecule has 0 spiro atoms. The number of fused-ring (bicyclic) bond motifs is 1. The predicted molar refractivity (Wildman–Crippen MR) is 128 cm³/mol. The van der Waals surface area contributed by atoms with E-state index in [1.54, 1.807) is 6.92 Å². The lowest BCUT2D eigenvalue weighted by Gasteiger charge is -2.39. The van der Waals surface area contributed by atoms with Gasteiger partial charge < -0.3 is 15.0 Å². The van der Waals surface area contributed by atoms with E-state index < -0.39 is 26.7 Å². The first kappa shape index (κ1) is 25.6. The van der Waals surface area contributed by atoms with Crippen molar-refractivity contribution in [3.8, 4) is 10.8 Å². The van der Waals surface area contributed by atoms with E-state index in [-0.39, 0.29) is 46.2 Å². The molecule has 2 saturated heterocycles. The van der Waals surface area contributed by atoms with Crippen molar-refractivity contribution in [3.63, 3.8) is 0 Å². The second-order valence-electron chi connectivity index (χ2n) is 9.45. The summed E-state index contributed by atoms with van der Waals surface area (Å²) in [5.41, 5.74) is 0.105. The predicted octanol–water partition coefficient (Wildman–Crippen LogP) is 2.78. The van der Waals surface area contributed by atoms with E-state index in [2.05, 4.69) is 25.2 Å². The Hall–Kier alpha value is -2.04. The fourth-order valence-corrected chi connectivity index (χ4v) is 6.83. The third-order valence-corrected chi connectivity index (χ3v) is 8.77. The number of piperazine rings is 1. The Kier molecular flexibility index (Phi) is 6.24. The van der Waals surface area contributed by atoms with Crippen molar-refractivity contribution in [2.24, 2.45) is 0 Å². The Morgan fingerprint density at radius 2 is 1.92 bits per heavy atom. The molecule has 3 aromatic heterocycles. The summed E-state index contributed by atoms with van der Waals surface area (Å²) in [5, 5.41) is 9.04. The number of aromatic nitrogens is 4. The highest BCUT2D eigenvalue weighted by molar-refractivity contribution is 7.89. The molecule has 2 aliphatic rings. The molecular formula is C20H23ClF3N7O3S2. The molecule has 0 amide bonds. The molecular weight excluding hydrogens is 543 g/mol. The fourth-order valence-electron chi connectivity index (χ4n) is 4.47. The van der Waals surface area contributed by atoms with E-state index in [0.717, 1.165) is 0 Å². The molecule has 0 aromatic carbocycles. The SMILES string of the molecule is C[C@H]1CN(c2cc(S(=O)(=O)NC3(C)COC3)cn3c(-c4nnc(C(F)(F)F)s4)nc(Cl)c23)C[C@H](C)N1. The number of ether oxygens (including phenoxy) is 1. The summed E-state index contributed by atoms with van der Waals surface area (Å²) in [4.78, 5) is 6.17. The van der Waals surface area contributed by atoms with Crippen molar-refractivity contribution >= 4 is 44.2 Å². The summed E-state index contributed by atoms with van der Waals surface area (Å²) in [5.74, 6) is -0.0317. The van der Waals surface area contributed by atoms with Crippen LogP contribution in [-0.2, 0) is 20.9 Å². The molecule has 5 rings (SSSR count). The molecule has 2 atom stereocenters. The molecule has 10 nitrogen and oxygen atoms in total. The Morgan fingerprint density at radius 3 is 2.47 bits per heavy atom. The van der Waals surface area contributed by atoms with Crippen LogP contribution in [-0.4, -0.2) is 71.9 Å². The number of halogens is 4.